The Kier molecular flexibility index (Phi) is 11.3. The van der Waals surface area contributed by atoms with Crippen molar-refractivity contribution in [3.8, 4) is 0 Å². The van der Waals surface area contributed by atoms with E-state index in [1.807, 2.05) is 36.5 Å². The first-order valence-electron chi connectivity index (χ1n) is 11.3. The van der Waals surface area contributed by atoms with Crippen LogP contribution in [0, 0.1) is 5.92 Å². The van der Waals surface area contributed by atoms with Crippen LogP contribution < -0.4 is 5.32 Å². The Morgan fingerprint density at radius 1 is 1.03 bits per heavy atom. The summed E-state index contributed by atoms with van der Waals surface area (Å²) in [7, 11) is 0. The number of alkyl halides is 6. The molecule has 3 atom stereocenters. The highest BCUT2D eigenvalue weighted by molar-refractivity contribution is 5.81. The molecule has 0 aromatic carbocycles. The van der Waals surface area contributed by atoms with E-state index in [0.29, 0.717) is 12.5 Å². The van der Waals surface area contributed by atoms with Gasteiger partial charge in [-0.15, -0.1) is 0 Å². The predicted octanol–water partition coefficient (Wildman–Crippen LogP) is 3.24. The number of nitrogens with one attached hydrogen (secondary N) is 1. The number of carbonyl (C=O) groups is 3. The van der Waals surface area contributed by atoms with Crippen molar-refractivity contribution < 1.29 is 60.1 Å². The number of fused-ring (bicyclic) bond motifs is 1. The van der Waals surface area contributed by atoms with Gasteiger partial charge in [-0.3, -0.25) is 14.7 Å². The zero-order valence-electron chi connectivity index (χ0n) is 20.1. The van der Waals surface area contributed by atoms with E-state index in [-0.39, 0.29) is 18.1 Å². The van der Waals surface area contributed by atoms with Crippen molar-refractivity contribution in [1.29, 1.82) is 0 Å². The number of halogens is 6. The van der Waals surface area contributed by atoms with Gasteiger partial charge in [-0.2, -0.15) is 26.3 Å². The number of hydrogen-bond donors (Lipinski definition) is 3. The van der Waals surface area contributed by atoms with Crippen molar-refractivity contribution in [3.05, 3.63) is 54.2 Å². The monoisotopic (exact) mass is 569 g/mol. The summed E-state index contributed by atoms with van der Waals surface area (Å²) in [4.78, 5) is 36.9. The average Bonchev–Trinajstić information content (AvgIpc) is 3.52. The average molecular weight is 569 g/mol. The second kappa shape index (κ2) is 13.9. The number of aromatic nitrogens is 1. The predicted molar refractivity (Wildman–Crippen MR) is 119 cm³/mol. The highest BCUT2D eigenvalue weighted by atomic mass is 19.4. The maximum atomic E-state index is 12.4. The van der Waals surface area contributed by atoms with Gasteiger partial charge in [-0.05, 0) is 49.6 Å². The molecule has 1 amide bonds. The highest BCUT2D eigenvalue weighted by Crippen LogP contribution is 2.33. The molecule has 3 N–H and O–H groups in total. The number of pyridine rings is 1. The van der Waals surface area contributed by atoms with E-state index >= 15 is 0 Å². The van der Waals surface area contributed by atoms with Crippen LogP contribution in [0.1, 0.15) is 24.3 Å². The second-order valence-electron chi connectivity index (χ2n) is 8.41. The molecule has 2 aromatic heterocycles. The maximum Gasteiger partial charge on any atom is 0.490 e. The minimum absolute atomic E-state index is 0.0397. The zero-order chi connectivity index (χ0) is 29.2. The van der Waals surface area contributed by atoms with E-state index in [1.165, 1.54) is 0 Å². The van der Waals surface area contributed by atoms with Gasteiger partial charge in [0.2, 0.25) is 5.91 Å². The normalized spacial score (nSPS) is 20.9. The Morgan fingerprint density at radius 3 is 2.18 bits per heavy atom. The van der Waals surface area contributed by atoms with E-state index in [2.05, 4.69) is 15.2 Å². The summed E-state index contributed by atoms with van der Waals surface area (Å²) in [6, 6.07) is 9.66. The third kappa shape index (κ3) is 10.9. The van der Waals surface area contributed by atoms with Crippen molar-refractivity contribution >= 4 is 17.8 Å². The van der Waals surface area contributed by atoms with E-state index in [4.69, 9.17) is 29.0 Å². The molecule has 10 nitrogen and oxygen atoms in total. The van der Waals surface area contributed by atoms with Crippen LogP contribution in [0.3, 0.4) is 0 Å². The number of rotatable bonds is 5. The number of nitrogens with zero attached hydrogens (tertiary/aromatic N) is 2. The van der Waals surface area contributed by atoms with Gasteiger partial charge >= 0.3 is 24.3 Å². The summed E-state index contributed by atoms with van der Waals surface area (Å²) in [5, 5.41) is 17.2. The Hall–Kier alpha value is -3.66. The van der Waals surface area contributed by atoms with Crippen molar-refractivity contribution in [3.63, 3.8) is 0 Å². The number of hydrogen-bond acceptors (Lipinski definition) is 7. The summed E-state index contributed by atoms with van der Waals surface area (Å²) < 4.78 is 74.8. The van der Waals surface area contributed by atoms with Crippen LogP contribution in [-0.2, 0) is 32.2 Å². The number of amides is 1. The number of ether oxygens (including phenoxy) is 1. The number of aliphatic carboxylic acids is 2. The molecule has 2 aliphatic heterocycles. The molecular weight excluding hydrogens is 544 g/mol. The Bertz CT molecular complexity index is 1040. The molecule has 16 heteroatoms. The molecule has 0 aliphatic carbocycles. The molecule has 4 rings (SSSR count). The molecule has 2 saturated heterocycles. The largest absolute Gasteiger partial charge is 0.490 e. The molecule has 0 unspecified atom stereocenters. The molecular formula is C23H25F6N3O7. The lowest BCUT2D eigenvalue weighted by Gasteiger charge is -2.33. The lowest BCUT2D eigenvalue weighted by Crippen LogP contribution is -2.42. The molecule has 2 fully saturated rings. The molecule has 4 heterocycles. The van der Waals surface area contributed by atoms with Crippen molar-refractivity contribution in [2.75, 3.05) is 13.1 Å². The summed E-state index contributed by atoms with van der Waals surface area (Å²) in [6.45, 7) is 3.14. The first kappa shape index (κ1) is 31.6. The Balaban J connectivity index is 0.000000317. The number of carbonyl (C=O) groups excluding carboxylic acids is 1. The standard InChI is InChI=1S/C19H23N3O3.2C2HF3O2/c23-19(21-11-16-5-3-9-24-16)17-10-14-6-8-22(13-18(14)25-17)12-15-4-1-2-7-20-15;2*3-2(4,5)1(6)7/h1-5,7,9,14,17-18H,6,8,10-13H2,(H,21,23);2*(H,6,7)/t14-,17-,18+;;/m0../s1. The van der Waals surface area contributed by atoms with E-state index in [9.17, 15) is 31.1 Å². The Morgan fingerprint density at radius 2 is 1.67 bits per heavy atom. The van der Waals surface area contributed by atoms with Gasteiger partial charge in [0.05, 0.1) is 24.6 Å². The number of carboxylic acids is 2. The Labute approximate surface area is 217 Å². The van der Waals surface area contributed by atoms with Gasteiger partial charge < -0.3 is 24.7 Å². The SMILES string of the molecule is O=C(NCc1ccco1)[C@@H]1C[C@@H]2CCN(Cc3ccccn3)C[C@H]2O1.O=C(O)C(F)(F)F.O=C(O)C(F)(F)F. The summed E-state index contributed by atoms with van der Waals surface area (Å²) in [5.41, 5.74) is 1.08. The summed E-state index contributed by atoms with van der Waals surface area (Å²) >= 11 is 0. The fraction of sp³-hybridized carbons (Fsp3) is 0.478. The van der Waals surface area contributed by atoms with Gasteiger partial charge in [0.1, 0.15) is 11.9 Å². The van der Waals surface area contributed by atoms with Gasteiger partial charge in [0, 0.05) is 19.3 Å². The van der Waals surface area contributed by atoms with Crippen LogP contribution in [0.25, 0.3) is 0 Å². The molecule has 2 aromatic rings. The molecule has 0 bridgehead atoms. The van der Waals surface area contributed by atoms with Crippen molar-refractivity contribution in [2.24, 2.45) is 5.92 Å². The zero-order valence-corrected chi connectivity index (χ0v) is 20.1. The fourth-order valence-electron chi connectivity index (χ4n) is 3.73. The van der Waals surface area contributed by atoms with Gasteiger partial charge in [-0.1, -0.05) is 6.07 Å². The maximum absolute atomic E-state index is 12.4. The van der Waals surface area contributed by atoms with Crippen LogP contribution in [0.2, 0.25) is 0 Å². The second-order valence-corrected chi connectivity index (χ2v) is 8.41. The molecule has 0 spiro atoms. The third-order valence-electron chi connectivity index (χ3n) is 5.54. The van der Waals surface area contributed by atoms with Crippen LogP contribution >= 0.6 is 0 Å². The van der Waals surface area contributed by atoms with Crippen LogP contribution in [0.5, 0.6) is 0 Å². The topological polar surface area (TPSA) is 142 Å². The van der Waals surface area contributed by atoms with Gasteiger partial charge in [0.25, 0.3) is 0 Å². The fourth-order valence-corrected chi connectivity index (χ4v) is 3.73. The van der Waals surface area contributed by atoms with Crippen molar-refractivity contribution in [1.82, 2.24) is 15.2 Å². The lowest BCUT2D eigenvalue weighted by atomic mass is 9.91. The number of likely N-dealkylation sites (tertiary alicyclic amines) is 1. The minimum Gasteiger partial charge on any atom is -0.475 e. The smallest absolute Gasteiger partial charge is 0.475 e. The van der Waals surface area contributed by atoms with Crippen LogP contribution in [0.15, 0.2) is 47.2 Å². The summed E-state index contributed by atoms with van der Waals surface area (Å²) in [5.74, 6) is -4.33. The molecule has 39 heavy (non-hydrogen) atoms. The van der Waals surface area contributed by atoms with Crippen molar-refractivity contribution in [2.45, 2.75) is 50.5 Å². The van der Waals surface area contributed by atoms with E-state index < -0.39 is 24.3 Å². The lowest BCUT2D eigenvalue weighted by molar-refractivity contribution is -0.193. The van der Waals surface area contributed by atoms with Gasteiger partial charge in [-0.25, -0.2) is 9.59 Å². The van der Waals surface area contributed by atoms with E-state index in [0.717, 1.165) is 43.9 Å². The first-order valence-corrected chi connectivity index (χ1v) is 11.3. The molecule has 0 saturated carbocycles. The molecule has 216 valence electrons. The number of furan rings is 1. The third-order valence-corrected chi connectivity index (χ3v) is 5.54. The number of carboxylic acid groups (broad SMARTS) is 2. The van der Waals surface area contributed by atoms with E-state index in [1.54, 1.807) is 6.26 Å². The quantitative estimate of drug-likeness (QED) is 0.463. The van der Waals surface area contributed by atoms with Crippen LogP contribution in [-0.4, -0.2) is 75.6 Å². The minimum atomic E-state index is -5.08. The highest BCUT2D eigenvalue weighted by Gasteiger charge is 2.42. The van der Waals surface area contributed by atoms with Crippen LogP contribution in [0.4, 0.5) is 26.3 Å². The van der Waals surface area contributed by atoms with Gasteiger partial charge in [0.15, 0.2) is 0 Å². The molecule has 2 aliphatic rings. The number of piperidine rings is 1. The first-order chi connectivity index (χ1) is 18.2. The molecule has 0 radical (unpaired) electrons. The summed E-state index contributed by atoms with van der Waals surface area (Å²) in [6.07, 6.45) is -5.06.